The SMILES string of the molecule is NS(=O)(=O)c1cc(C(=O)OCC(=O)N2CCN(C(=O)c3ccco3)CC2)c(Cl)cc1Cl. The van der Waals surface area contributed by atoms with Gasteiger partial charge in [-0.1, -0.05) is 23.2 Å². The minimum absolute atomic E-state index is 0.153. The van der Waals surface area contributed by atoms with Gasteiger partial charge in [-0.25, -0.2) is 18.4 Å². The summed E-state index contributed by atoms with van der Waals surface area (Å²) >= 11 is 11.7. The zero-order valence-corrected chi connectivity index (χ0v) is 18.2. The van der Waals surface area contributed by atoms with Crippen LogP contribution in [0, 0.1) is 0 Å². The van der Waals surface area contributed by atoms with Gasteiger partial charge in [0, 0.05) is 26.2 Å². The Morgan fingerprint density at radius 1 is 1.06 bits per heavy atom. The van der Waals surface area contributed by atoms with Crippen LogP contribution in [0.1, 0.15) is 20.9 Å². The van der Waals surface area contributed by atoms with Crippen LogP contribution in [0.4, 0.5) is 0 Å². The monoisotopic (exact) mass is 489 g/mol. The van der Waals surface area contributed by atoms with Crippen LogP contribution in [-0.2, 0) is 19.6 Å². The molecule has 13 heteroatoms. The third-order valence-corrected chi connectivity index (χ3v) is 6.21. The molecule has 2 N–H and O–H groups in total. The Kier molecular flexibility index (Phi) is 6.90. The number of hydrogen-bond acceptors (Lipinski definition) is 7. The van der Waals surface area contributed by atoms with Gasteiger partial charge < -0.3 is 19.0 Å². The van der Waals surface area contributed by atoms with Crippen molar-refractivity contribution in [2.45, 2.75) is 4.90 Å². The van der Waals surface area contributed by atoms with Gasteiger partial charge in [0.05, 0.1) is 21.9 Å². The number of carbonyl (C=O) groups excluding carboxylic acids is 3. The highest BCUT2D eigenvalue weighted by molar-refractivity contribution is 7.89. The number of primary sulfonamides is 1. The van der Waals surface area contributed by atoms with Gasteiger partial charge in [0.15, 0.2) is 12.4 Å². The van der Waals surface area contributed by atoms with Crippen LogP contribution in [0.2, 0.25) is 10.0 Å². The number of ether oxygens (including phenoxy) is 1. The first kappa shape index (κ1) is 23.1. The van der Waals surface area contributed by atoms with E-state index in [0.717, 1.165) is 12.1 Å². The highest BCUT2D eigenvalue weighted by atomic mass is 35.5. The molecule has 0 atom stereocenters. The minimum atomic E-state index is -4.20. The predicted molar refractivity (Wildman–Crippen MR) is 109 cm³/mol. The molecule has 0 radical (unpaired) electrons. The van der Waals surface area contributed by atoms with Gasteiger partial charge in [-0.2, -0.15) is 0 Å². The standard InChI is InChI=1S/C18H17Cl2N3O7S/c19-12-9-13(20)15(31(21,27)28)8-11(12)18(26)30-10-16(24)22-3-5-23(6-4-22)17(25)14-2-1-7-29-14/h1-2,7-9H,3-6,10H2,(H2,21,27,28). The molecule has 0 unspecified atom stereocenters. The summed E-state index contributed by atoms with van der Waals surface area (Å²) in [5.41, 5.74) is -0.295. The summed E-state index contributed by atoms with van der Waals surface area (Å²) in [6, 6.07) is 5.12. The van der Waals surface area contributed by atoms with Gasteiger partial charge in [-0.05, 0) is 24.3 Å². The van der Waals surface area contributed by atoms with Crippen molar-refractivity contribution in [3.05, 3.63) is 51.9 Å². The first-order valence-corrected chi connectivity index (χ1v) is 11.2. The van der Waals surface area contributed by atoms with Crippen molar-refractivity contribution in [2.24, 2.45) is 5.14 Å². The fourth-order valence-corrected chi connectivity index (χ4v) is 4.31. The van der Waals surface area contributed by atoms with E-state index < -0.39 is 33.4 Å². The van der Waals surface area contributed by atoms with Gasteiger partial charge in [0.1, 0.15) is 4.90 Å². The van der Waals surface area contributed by atoms with Gasteiger partial charge in [-0.15, -0.1) is 0 Å². The number of halogens is 2. The lowest BCUT2D eigenvalue weighted by Gasteiger charge is -2.34. The topological polar surface area (TPSA) is 140 Å². The Morgan fingerprint density at radius 2 is 1.71 bits per heavy atom. The van der Waals surface area contributed by atoms with E-state index in [1.807, 2.05) is 0 Å². The summed E-state index contributed by atoms with van der Waals surface area (Å²) in [5.74, 6) is -1.54. The molecule has 0 spiro atoms. The Hall–Kier alpha value is -2.60. The second-order valence-electron chi connectivity index (χ2n) is 6.53. The molecule has 1 aliphatic rings. The highest BCUT2D eigenvalue weighted by Crippen LogP contribution is 2.28. The van der Waals surface area contributed by atoms with E-state index in [-0.39, 0.29) is 40.4 Å². The lowest BCUT2D eigenvalue weighted by Crippen LogP contribution is -2.51. The number of esters is 1. The molecule has 1 aromatic heterocycles. The summed E-state index contributed by atoms with van der Waals surface area (Å²) in [7, 11) is -4.20. The molecule has 2 aromatic rings. The largest absolute Gasteiger partial charge is 0.459 e. The number of nitrogens with two attached hydrogens (primary N) is 1. The van der Waals surface area contributed by atoms with E-state index in [1.165, 1.54) is 11.2 Å². The molecule has 1 aliphatic heterocycles. The normalized spacial score (nSPS) is 14.4. The fourth-order valence-electron chi connectivity index (χ4n) is 2.91. The zero-order valence-electron chi connectivity index (χ0n) is 15.9. The van der Waals surface area contributed by atoms with Crippen molar-refractivity contribution in [3.63, 3.8) is 0 Å². The summed E-state index contributed by atoms with van der Waals surface area (Å²) in [4.78, 5) is 39.4. The van der Waals surface area contributed by atoms with Gasteiger partial charge in [0.25, 0.3) is 11.8 Å². The molecule has 0 saturated carbocycles. The van der Waals surface area contributed by atoms with Crippen LogP contribution in [0.3, 0.4) is 0 Å². The first-order valence-electron chi connectivity index (χ1n) is 8.87. The fraction of sp³-hybridized carbons (Fsp3) is 0.278. The molecule has 3 rings (SSSR count). The Balaban J connectivity index is 1.57. The summed E-state index contributed by atoms with van der Waals surface area (Å²) < 4.78 is 33.2. The number of amides is 2. The van der Waals surface area contributed by atoms with Gasteiger partial charge in [0.2, 0.25) is 10.0 Å². The van der Waals surface area contributed by atoms with Gasteiger partial charge in [-0.3, -0.25) is 9.59 Å². The molecule has 0 bridgehead atoms. The summed E-state index contributed by atoms with van der Waals surface area (Å²) in [5, 5.41) is 4.66. The molecule has 2 amide bonds. The molecule has 1 saturated heterocycles. The number of hydrogen-bond donors (Lipinski definition) is 1. The van der Waals surface area contributed by atoms with E-state index >= 15 is 0 Å². The number of rotatable bonds is 5. The van der Waals surface area contributed by atoms with Crippen molar-refractivity contribution in [1.82, 2.24) is 9.80 Å². The summed E-state index contributed by atoms with van der Waals surface area (Å²) in [6.07, 6.45) is 1.40. The average molecular weight is 490 g/mol. The number of piperazine rings is 1. The molecular weight excluding hydrogens is 473 g/mol. The Bertz CT molecular complexity index is 1110. The lowest BCUT2D eigenvalue weighted by atomic mass is 10.2. The van der Waals surface area contributed by atoms with Crippen LogP contribution in [0.25, 0.3) is 0 Å². The molecule has 166 valence electrons. The van der Waals surface area contributed by atoms with Crippen molar-refractivity contribution in [3.8, 4) is 0 Å². The Morgan fingerprint density at radius 3 is 2.29 bits per heavy atom. The van der Waals surface area contributed by atoms with Crippen molar-refractivity contribution in [1.29, 1.82) is 0 Å². The maximum atomic E-state index is 12.4. The molecule has 10 nitrogen and oxygen atoms in total. The van der Waals surface area contributed by atoms with Crippen LogP contribution >= 0.6 is 23.2 Å². The third kappa shape index (κ3) is 5.37. The average Bonchev–Trinajstić information content (AvgIpc) is 3.25. The molecule has 2 heterocycles. The van der Waals surface area contributed by atoms with Crippen LogP contribution in [-0.4, -0.2) is 68.8 Å². The maximum absolute atomic E-state index is 12.4. The van der Waals surface area contributed by atoms with E-state index in [1.54, 1.807) is 17.0 Å². The number of furan rings is 1. The number of benzene rings is 1. The quantitative estimate of drug-likeness (QED) is 0.625. The van der Waals surface area contributed by atoms with Crippen molar-refractivity contribution in [2.75, 3.05) is 32.8 Å². The predicted octanol–water partition coefficient (Wildman–Crippen LogP) is 1.38. The van der Waals surface area contributed by atoms with E-state index in [4.69, 9.17) is 37.5 Å². The summed E-state index contributed by atoms with van der Waals surface area (Å²) in [6.45, 7) is 0.495. The van der Waals surface area contributed by atoms with Crippen LogP contribution in [0.15, 0.2) is 39.8 Å². The molecule has 31 heavy (non-hydrogen) atoms. The van der Waals surface area contributed by atoms with E-state index in [2.05, 4.69) is 0 Å². The number of sulfonamides is 1. The third-order valence-electron chi connectivity index (χ3n) is 4.53. The minimum Gasteiger partial charge on any atom is -0.459 e. The molecule has 1 aromatic carbocycles. The molecular formula is C18H17Cl2N3O7S. The first-order chi connectivity index (χ1) is 14.6. The molecule has 0 aliphatic carbocycles. The van der Waals surface area contributed by atoms with Crippen LogP contribution < -0.4 is 5.14 Å². The van der Waals surface area contributed by atoms with Crippen LogP contribution in [0.5, 0.6) is 0 Å². The number of nitrogens with zero attached hydrogens (tertiary/aromatic N) is 2. The van der Waals surface area contributed by atoms with Crippen molar-refractivity contribution >= 4 is 51.0 Å². The smallest absolute Gasteiger partial charge is 0.340 e. The Labute approximate surface area is 187 Å². The van der Waals surface area contributed by atoms with E-state index in [9.17, 15) is 22.8 Å². The van der Waals surface area contributed by atoms with E-state index in [0.29, 0.717) is 13.1 Å². The zero-order chi connectivity index (χ0) is 22.8. The lowest BCUT2D eigenvalue weighted by molar-refractivity contribution is -0.136. The van der Waals surface area contributed by atoms with Gasteiger partial charge >= 0.3 is 5.97 Å². The maximum Gasteiger partial charge on any atom is 0.340 e. The van der Waals surface area contributed by atoms with Crippen molar-refractivity contribution < 1.29 is 32.0 Å². The molecule has 1 fully saturated rings. The highest BCUT2D eigenvalue weighted by Gasteiger charge is 2.27. The second kappa shape index (κ2) is 9.27. The number of carbonyl (C=O) groups is 3. The second-order valence-corrected chi connectivity index (χ2v) is 8.88.